The molecule has 0 N–H and O–H groups in total. The van der Waals surface area contributed by atoms with E-state index >= 15 is 0 Å². The number of hydrogen-bond acceptors (Lipinski definition) is 2. The van der Waals surface area contributed by atoms with E-state index in [9.17, 15) is 4.79 Å². The van der Waals surface area contributed by atoms with Crippen LogP contribution in [0.2, 0.25) is 0 Å². The Morgan fingerprint density at radius 2 is 1.83 bits per heavy atom. The van der Waals surface area contributed by atoms with Crippen LogP contribution in [0, 0.1) is 0 Å². The molecular weight excluding hydrogens is 224 g/mol. The lowest BCUT2D eigenvalue weighted by molar-refractivity contribution is -0.118. The molecule has 2 nitrogen and oxygen atoms in total. The number of ether oxygens (including phenoxy) is 1. The molecule has 0 aromatic heterocycles. The van der Waals surface area contributed by atoms with Gasteiger partial charge in [-0.05, 0) is 37.0 Å². The van der Waals surface area contributed by atoms with Crippen LogP contribution in [0.15, 0.2) is 24.3 Å². The van der Waals surface area contributed by atoms with Crippen LogP contribution < -0.4 is 4.74 Å². The van der Waals surface area contributed by atoms with E-state index in [0.29, 0.717) is 25.2 Å². The van der Waals surface area contributed by atoms with Crippen LogP contribution in [-0.2, 0) is 11.2 Å². The third kappa shape index (κ3) is 5.85. The average molecular weight is 248 g/mol. The van der Waals surface area contributed by atoms with Gasteiger partial charge in [0.05, 0.1) is 6.61 Å². The Kier molecular flexibility index (Phi) is 7.16. The van der Waals surface area contributed by atoms with Crippen molar-refractivity contribution in [3.63, 3.8) is 0 Å². The van der Waals surface area contributed by atoms with E-state index in [-0.39, 0.29) is 0 Å². The van der Waals surface area contributed by atoms with E-state index in [1.165, 1.54) is 18.4 Å². The summed E-state index contributed by atoms with van der Waals surface area (Å²) in [7, 11) is 0. The third-order valence-corrected chi connectivity index (χ3v) is 3.01. The van der Waals surface area contributed by atoms with Gasteiger partial charge in [-0.2, -0.15) is 0 Å². The second-order valence-corrected chi connectivity index (χ2v) is 4.59. The Morgan fingerprint density at radius 3 is 2.44 bits per heavy atom. The summed E-state index contributed by atoms with van der Waals surface area (Å²) >= 11 is 0. The van der Waals surface area contributed by atoms with Crippen LogP contribution in [0.3, 0.4) is 0 Å². The van der Waals surface area contributed by atoms with E-state index < -0.39 is 0 Å². The summed E-state index contributed by atoms with van der Waals surface area (Å²) < 4.78 is 5.61. The lowest BCUT2D eigenvalue weighted by Crippen LogP contribution is -2.02. The molecule has 1 aromatic carbocycles. The molecule has 0 spiro atoms. The molecule has 0 unspecified atom stereocenters. The van der Waals surface area contributed by atoms with Crippen LogP contribution in [0.25, 0.3) is 0 Å². The van der Waals surface area contributed by atoms with Gasteiger partial charge in [-0.15, -0.1) is 0 Å². The zero-order chi connectivity index (χ0) is 13.2. The smallest absolute Gasteiger partial charge is 0.132 e. The van der Waals surface area contributed by atoms with Crippen molar-refractivity contribution < 1.29 is 9.53 Å². The van der Waals surface area contributed by atoms with Crippen molar-refractivity contribution in [3.05, 3.63) is 29.8 Å². The van der Waals surface area contributed by atoms with Gasteiger partial charge in [0.2, 0.25) is 0 Å². The fourth-order valence-electron chi connectivity index (χ4n) is 1.77. The summed E-state index contributed by atoms with van der Waals surface area (Å²) in [6.45, 7) is 4.73. The van der Waals surface area contributed by atoms with Gasteiger partial charge in [-0.3, -0.25) is 4.79 Å². The minimum absolute atomic E-state index is 0.313. The standard InChI is InChI=1S/C16H24O2/c1-3-5-7-14-9-11-16(12-10-14)18-13-6-8-15(17)4-2/h9-12H,3-8,13H2,1-2H3. The van der Waals surface area contributed by atoms with E-state index in [0.717, 1.165) is 18.6 Å². The largest absolute Gasteiger partial charge is 0.494 e. The second-order valence-electron chi connectivity index (χ2n) is 4.59. The van der Waals surface area contributed by atoms with E-state index in [1.54, 1.807) is 0 Å². The normalized spacial score (nSPS) is 10.3. The minimum Gasteiger partial charge on any atom is -0.494 e. The Bertz CT molecular complexity index is 341. The molecule has 0 bridgehead atoms. The minimum atomic E-state index is 0.313. The maximum atomic E-state index is 11.1. The van der Waals surface area contributed by atoms with E-state index in [1.807, 2.05) is 19.1 Å². The zero-order valence-corrected chi connectivity index (χ0v) is 11.6. The summed E-state index contributed by atoms with van der Waals surface area (Å²) in [5.74, 6) is 1.22. The summed E-state index contributed by atoms with van der Waals surface area (Å²) in [5, 5.41) is 0. The highest BCUT2D eigenvalue weighted by molar-refractivity contribution is 5.77. The summed E-state index contributed by atoms with van der Waals surface area (Å²) in [6, 6.07) is 8.30. The number of unbranched alkanes of at least 4 members (excludes halogenated alkanes) is 1. The molecular formula is C16H24O2. The molecule has 0 atom stereocenters. The number of aryl methyl sites for hydroxylation is 1. The first kappa shape index (κ1) is 14.7. The predicted octanol–water partition coefficient (Wildman–Crippen LogP) is 4.17. The highest BCUT2D eigenvalue weighted by atomic mass is 16.5. The van der Waals surface area contributed by atoms with Crippen LogP contribution >= 0.6 is 0 Å². The monoisotopic (exact) mass is 248 g/mol. The highest BCUT2D eigenvalue weighted by Crippen LogP contribution is 2.14. The molecule has 0 amide bonds. The lowest BCUT2D eigenvalue weighted by Gasteiger charge is -2.06. The molecule has 0 saturated carbocycles. The number of hydrogen-bond donors (Lipinski definition) is 0. The van der Waals surface area contributed by atoms with Crippen molar-refractivity contribution in [2.24, 2.45) is 0 Å². The fourth-order valence-corrected chi connectivity index (χ4v) is 1.77. The fraction of sp³-hybridized carbons (Fsp3) is 0.562. The van der Waals surface area contributed by atoms with Crippen LogP contribution in [0.1, 0.15) is 51.5 Å². The molecule has 0 aliphatic heterocycles. The van der Waals surface area contributed by atoms with Crippen molar-refractivity contribution in [2.75, 3.05) is 6.61 Å². The Labute approximate surface area is 110 Å². The second kappa shape index (κ2) is 8.73. The predicted molar refractivity (Wildman–Crippen MR) is 75.1 cm³/mol. The third-order valence-electron chi connectivity index (χ3n) is 3.01. The zero-order valence-electron chi connectivity index (χ0n) is 11.6. The molecule has 1 aromatic rings. The van der Waals surface area contributed by atoms with Crippen LogP contribution in [0.4, 0.5) is 0 Å². The number of ketones is 1. The Hall–Kier alpha value is -1.31. The Balaban J connectivity index is 2.24. The van der Waals surface area contributed by atoms with Crippen LogP contribution in [-0.4, -0.2) is 12.4 Å². The first-order valence-electron chi connectivity index (χ1n) is 6.99. The van der Waals surface area contributed by atoms with Gasteiger partial charge in [0, 0.05) is 12.8 Å². The molecule has 18 heavy (non-hydrogen) atoms. The van der Waals surface area contributed by atoms with Crippen molar-refractivity contribution >= 4 is 5.78 Å². The number of benzene rings is 1. The molecule has 1 rings (SSSR count). The van der Waals surface area contributed by atoms with Gasteiger partial charge < -0.3 is 4.74 Å². The van der Waals surface area contributed by atoms with Gasteiger partial charge >= 0.3 is 0 Å². The van der Waals surface area contributed by atoms with Gasteiger partial charge in [0.1, 0.15) is 11.5 Å². The summed E-state index contributed by atoms with van der Waals surface area (Å²) in [4.78, 5) is 11.1. The first-order valence-corrected chi connectivity index (χ1v) is 6.99. The molecule has 0 aliphatic rings. The van der Waals surface area contributed by atoms with Crippen molar-refractivity contribution in [2.45, 2.75) is 52.4 Å². The number of rotatable bonds is 9. The van der Waals surface area contributed by atoms with E-state index in [2.05, 4.69) is 19.1 Å². The van der Waals surface area contributed by atoms with Crippen molar-refractivity contribution in [1.29, 1.82) is 0 Å². The molecule has 0 saturated heterocycles. The molecule has 2 heteroatoms. The SMILES string of the molecule is CCCCc1ccc(OCCCC(=O)CC)cc1. The first-order chi connectivity index (χ1) is 8.76. The number of carbonyl (C=O) groups excluding carboxylic acids is 1. The van der Waals surface area contributed by atoms with Gasteiger partial charge in [0.25, 0.3) is 0 Å². The van der Waals surface area contributed by atoms with Gasteiger partial charge in [0.15, 0.2) is 0 Å². The van der Waals surface area contributed by atoms with Crippen molar-refractivity contribution in [3.8, 4) is 5.75 Å². The highest BCUT2D eigenvalue weighted by Gasteiger charge is 1.99. The molecule has 0 aliphatic carbocycles. The lowest BCUT2D eigenvalue weighted by atomic mass is 10.1. The van der Waals surface area contributed by atoms with Crippen molar-refractivity contribution in [1.82, 2.24) is 0 Å². The topological polar surface area (TPSA) is 26.3 Å². The number of carbonyl (C=O) groups is 1. The summed E-state index contributed by atoms with van der Waals surface area (Å²) in [5.41, 5.74) is 1.37. The molecule has 0 fully saturated rings. The summed E-state index contributed by atoms with van der Waals surface area (Å²) in [6.07, 6.45) is 5.67. The maximum Gasteiger partial charge on any atom is 0.132 e. The molecule has 100 valence electrons. The average Bonchev–Trinajstić information content (AvgIpc) is 2.42. The van der Waals surface area contributed by atoms with Gasteiger partial charge in [-0.1, -0.05) is 32.4 Å². The molecule has 0 heterocycles. The van der Waals surface area contributed by atoms with Gasteiger partial charge in [-0.25, -0.2) is 0 Å². The Morgan fingerprint density at radius 1 is 1.11 bits per heavy atom. The maximum absolute atomic E-state index is 11.1. The molecule has 0 radical (unpaired) electrons. The van der Waals surface area contributed by atoms with E-state index in [4.69, 9.17) is 4.74 Å². The quantitative estimate of drug-likeness (QED) is 0.613. The van der Waals surface area contributed by atoms with Crippen LogP contribution in [0.5, 0.6) is 5.75 Å². The number of Topliss-reactive ketones (excluding diaryl/α,β-unsaturated/α-hetero) is 1.